The molecule has 0 spiro atoms. The summed E-state index contributed by atoms with van der Waals surface area (Å²) in [6.45, 7) is 1.57. The molecule has 0 saturated carbocycles. The van der Waals surface area contributed by atoms with Crippen molar-refractivity contribution in [1.82, 2.24) is 9.88 Å². The highest BCUT2D eigenvalue weighted by Gasteiger charge is 2.03. The number of rotatable bonds is 5. The molecule has 102 valence electrons. The van der Waals surface area contributed by atoms with Crippen LogP contribution in [0.25, 0.3) is 0 Å². The van der Waals surface area contributed by atoms with Crippen LogP contribution in [-0.4, -0.2) is 16.9 Å². The Bertz CT molecular complexity index is 600. The first kappa shape index (κ1) is 14.0. The maximum Gasteiger partial charge on any atom is 0.139 e. The normalized spacial score (nSPS) is 10.3. The fourth-order valence-electron chi connectivity index (χ4n) is 2.02. The molecule has 0 fully saturated rings. The third-order valence-electron chi connectivity index (χ3n) is 2.93. The predicted octanol–water partition coefficient (Wildman–Crippen LogP) is 1.87. The van der Waals surface area contributed by atoms with Crippen molar-refractivity contribution < 1.29 is 0 Å². The molecular formula is C15H17N5. The van der Waals surface area contributed by atoms with Crippen molar-refractivity contribution in [3.8, 4) is 6.07 Å². The van der Waals surface area contributed by atoms with E-state index in [1.165, 1.54) is 0 Å². The molecule has 2 aromatic rings. The predicted molar refractivity (Wildman–Crippen MR) is 78.4 cm³/mol. The Morgan fingerprint density at radius 2 is 2.05 bits per heavy atom. The van der Waals surface area contributed by atoms with Crippen molar-refractivity contribution in [2.75, 3.05) is 12.5 Å². The van der Waals surface area contributed by atoms with Crippen LogP contribution in [-0.2, 0) is 13.1 Å². The Morgan fingerprint density at radius 3 is 2.70 bits per heavy atom. The minimum Gasteiger partial charge on any atom is -0.308 e. The van der Waals surface area contributed by atoms with Gasteiger partial charge in [0.05, 0.1) is 11.6 Å². The molecule has 0 unspecified atom stereocenters. The molecule has 1 aromatic carbocycles. The number of pyridine rings is 1. The highest BCUT2D eigenvalue weighted by molar-refractivity contribution is 5.34. The van der Waals surface area contributed by atoms with Gasteiger partial charge in [0.1, 0.15) is 5.82 Å². The monoisotopic (exact) mass is 267 g/mol. The summed E-state index contributed by atoms with van der Waals surface area (Å²) in [5, 5.41) is 8.89. The fourth-order valence-corrected chi connectivity index (χ4v) is 2.02. The van der Waals surface area contributed by atoms with E-state index >= 15 is 0 Å². The average Bonchev–Trinajstić information content (AvgIpc) is 2.48. The van der Waals surface area contributed by atoms with E-state index in [1.54, 1.807) is 6.20 Å². The smallest absolute Gasteiger partial charge is 0.139 e. The molecule has 1 aromatic heterocycles. The Morgan fingerprint density at radius 1 is 1.25 bits per heavy atom. The molecular weight excluding hydrogens is 250 g/mol. The van der Waals surface area contributed by atoms with Crippen molar-refractivity contribution in [1.29, 1.82) is 5.26 Å². The first-order valence-electron chi connectivity index (χ1n) is 6.30. The van der Waals surface area contributed by atoms with E-state index in [0.29, 0.717) is 11.4 Å². The van der Waals surface area contributed by atoms with Gasteiger partial charge in [0.15, 0.2) is 0 Å². The number of hydrazine groups is 1. The van der Waals surface area contributed by atoms with Gasteiger partial charge in [0, 0.05) is 19.3 Å². The summed E-state index contributed by atoms with van der Waals surface area (Å²) in [4.78, 5) is 6.35. The minimum absolute atomic E-state index is 0.651. The molecule has 0 bridgehead atoms. The molecule has 2 rings (SSSR count). The van der Waals surface area contributed by atoms with E-state index in [9.17, 15) is 0 Å². The zero-order valence-electron chi connectivity index (χ0n) is 11.4. The van der Waals surface area contributed by atoms with Gasteiger partial charge in [-0.2, -0.15) is 5.26 Å². The van der Waals surface area contributed by atoms with Gasteiger partial charge in [0.2, 0.25) is 0 Å². The zero-order valence-corrected chi connectivity index (χ0v) is 11.4. The van der Waals surface area contributed by atoms with Gasteiger partial charge >= 0.3 is 0 Å². The summed E-state index contributed by atoms with van der Waals surface area (Å²) in [5.74, 6) is 5.93. The summed E-state index contributed by atoms with van der Waals surface area (Å²) in [5.41, 5.74) is 5.43. The van der Waals surface area contributed by atoms with Crippen molar-refractivity contribution in [3.63, 3.8) is 0 Å². The van der Waals surface area contributed by atoms with Gasteiger partial charge < -0.3 is 5.43 Å². The van der Waals surface area contributed by atoms with Crippen LogP contribution >= 0.6 is 0 Å². The van der Waals surface area contributed by atoms with Gasteiger partial charge in [-0.3, -0.25) is 4.90 Å². The largest absolute Gasteiger partial charge is 0.308 e. The number of hydrogen-bond donors (Lipinski definition) is 2. The van der Waals surface area contributed by atoms with Crippen molar-refractivity contribution >= 4 is 5.82 Å². The summed E-state index contributed by atoms with van der Waals surface area (Å²) in [6.07, 6.45) is 1.80. The Hall–Kier alpha value is -2.42. The number of nitriles is 1. The van der Waals surface area contributed by atoms with Crippen LogP contribution in [0.2, 0.25) is 0 Å². The second-order valence-electron chi connectivity index (χ2n) is 4.68. The van der Waals surface area contributed by atoms with Crippen LogP contribution in [0.4, 0.5) is 5.82 Å². The number of aromatic nitrogens is 1. The average molecular weight is 267 g/mol. The molecule has 0 radical (unpaired) electrons. The maximum absolute atomic E-state index is 8.89. The Kier molecular flexibility index (Phi) is 4.66. The lowest BCUT2D eigenvalue weighted by atomic mass is 10.1. The van der Waals surface area contributed by atoms with Gasteiger partial charge in [0.25, 0.3) is 0 Å². The molecule has 0 saturated heterocycles. The van der Waals surface area contributed by atoms with Crippen LogP contribution in [0.15, 0.2) is 42.6 Å². The molecule has 0 aliphatic rings. The van der Waals surface area contributed by atoms with Crippen LogP contribution < -0.4 is 11.3 Å². The summed E-state index contributed by atoms with van der Waals surface area (Å²) in [7, 11) is 2.04. The van der Waals surface area contributed by atoms with Gasteiger partial charge in [-0.05, 0) is 36.4 Å². The second kappa shape index (κ2) is 6.66. The number of hydrogen-bond acceptors (Lipinski definition) is 5. The van der Waals surface area contributed by atoms with Crippen molar-refractivity contribution in [2.45, 2.75) is 13.1 Å². The topological polar surface area (TPSA) is 78.0 Å². The van der Waals surface area contributed by atoms with Crippen molar-refractivity contribution in [3.05, 3.63) is 59.3 Å². The number of anilines is 1. The zero-order chi connectivity index (χ0) is 14.4. The van der Waals surface area contributed by atoms with Gasteiger partial charge in [-0.1, -0.05) is 18.2 Å². The van der Waals surface area contributed by atoms with Crippen molar-refractivity contribution in [2.24, 2.45) is 5.84 Å². The Balaban J connectivity index is 1.97. The summed E-state index contributed by atoms with van der Waals surface area (Å²) in [6, 6.07) is 13.6. The quantitative estimate of drug-likeness (QED) is 0.638. The van der Waals surface area contributed by atoms with Gasteiger partial charge in [-0.15, -0.1) is 0 Å². The minimum atomic E-state index is 0.651. The SMILES string of the molecule is CN(Cc1ccc(NN)nc1)Cc1cccc(C#N)c1. The first-order valence-corrected chi connectivity index (χ1v) is 6.30. The number of benzene rings is 1. The van der Waals surface area contributed by atoms with E-state index in [0.717, 1.165) is 24.2 Å². The van der Waals surface area contributed by atoms with Crippen LogP contribution in [0.5, 0.6) is 0 Å². The van der Waals surface area contributed by atoms with E-state index in [4.69, 9.17) is 11.1 Å². The van der Waals surface area contributed by atoms with E-state index in [2.05, 4.69) is 21.4 Å². The van der Waals surface area contributed by atoms with Crippen LogP contribution in [0, 0.1) is 11.3 Å². The van der Waals surface area contributed by atoms with E-state index in [1.807, 2.05) is 43.4 Å². The van der Waals surface area contributed by atoms with Crippen LogP contribution in [0.3, 0.4) is 0 Å². The lowest BCUT2D eigenvalue weighted by molar-refractivity contribution is 0.318. The van der Waals surface area contributed by atoms with E-state index in [-0.39, 0.29) is 0 Å². The molecule has 0 atom stereocenters. The molecule has 1 heterocycles. The third-order valence-corrected chi connectivity index (χ3v) is 2.93. The first-order chi connectivity index (χ1) is 9.71. The molecule has 0 aliphatic carbocycles. The molecule has 3 N–H and O–H groups in total. The standard InChI is InChI=1S/C15H17N5/c1-20(10-13-4-2-3-12(7-13)8-16)11-14-5-6-15(19-17)18-9-14/h2-7,9H,10-11,17H2,1H3,(H,18,19). The fraction of sp³-hybridized carbons (Fsp3) is 0.200. The van der Waals surface area contributed by atoms with Crippen LogP contribution in [0.1, 0.15) is 16.7 Å². The number of nitrogens with two attached hydrogens (primary N) is 1. The molecule has 0 aliphatic heterocycles. The maximum atomic E-state index is 8.89. The number of nitrogens with zero attached hydrogens (tertiary/aromatic N) is 3. The summed E-state index contributed by atoms with van der Waals surface area (Å²) < 4.78 is 0. The lowest BCUT2D eigenvalue weighted by Gasteiger charge is -2.17. The lowest BCUT2D eigenvalue weighted by Crippen LogP contribution is -2.17. The molecule has 5 heteroatoms. The summed E-state index contributed by atoms with van der Waals surface area (Å²) >= 11 is 0. The molecule has 20 heavy (non-hydrogen) atoms. The number of nitrogens with one attached hydrogen (secondary N) is 1. The number of nitrogen functional groups attached to an aromatic ring is 1. The molecule has 0 amide bonds. The Labute approximate surface area is 118 Å². The third kappa shape index (κ3) is 3.79. The highest BCUT2D eigenvalue weighted by Crippen LogP contribution is 2.10. The molecule has 5 nitrogen and oxygen atoms in total. The highest BCUT2D eigenvalue weighted by atomic mass is 15.2. The van der Waals surface area contributed by atoms with E-state index < -0.39 is 0 Å². The second-order valence-corrected chi connectivity index (χ2v) is 4.68. The van der Waals surface area contributed by atoms with Gasteiger partial charge in [-0.25, -0.2) is 10.8 Å².